The Morgan fingerprint density at radius 1 is 1.03 bits per heavy atom. The molecule has 0 bridgehead atoms. The molecule has 0 aliphatic rings. The topological polar surface area (TPSA) is 52.6 Å². The number of nitrogens with zero attached hydrogens (tertiary/aromatic N) is 1. The largest absolute Gasteiger partial charge is 0.493 e. The summed E-state index contributed by atoms with van der Waals surface area (Å²) < 4.78 is 29.8. The van der Waals surface area contributed by atoms with E-state index in [0.717, 1.165) is 11.1 Å². The number of rotatable bonds is 10. The Kier molecular flexibility index (Phi) is 7.67. The highest BCUT2D eigenvalue weighted by atomic mass is 35.5. The molecule has 2 aromatic carbocycles. The molecule has 0 atom stereocenters. The van der Waals surface area contributed by atoms with E-state index in [9.17, 15) is 4.39 Å². The summed E-state index contributed by atoms with van der Waals surface area (Å²) >= 11 is 6.40. The molecule has 3 rings (SSSR count). The average molecular weight is 417 g/mol. The van der Waals surface area contributed by atoms with E-state index in [0.29, 0.717) is 42.1 Å². The highest BCUT2D eigenvalue weighted by molar-refractivity contribution is 6.32. The van der Waals surface area contributed by atoms with Crippen LogP contribution in [0.2, 0.25) is 5.02 Å². The normalized spacial score (nSPS) is 10.6. The molecule has 7 heteroatoms. The molecule has 5 nitrogen and oxygen atoms in total. The van der Waals surface area contributed by atoms with Gasteiger partial charge in [0.15, 0.2) is 11.5 Å². The molecule has 0 aliphatic carbocycles. The van der Waals surface area contributed by atoms with Crippen molar-refractivity contribution in [3.63, 3.8) is 0 Å². The first kappa shape index (κ1) is 20.9. The Bertz CT molecular complexity index is 908. The molecule has 1 heterocycles. The molecule has 152 valence electrons. The summed E-state index contributed by atoms with van der Waals surface area (Å²) in [5, 5.41) is 3.74. The molecule has 0 amide bonds. The zero-order valence-electron chi connectivity index (χ0n) is 16.0. The van der Waals surface area contributed by atoms with Crippen molar-refractivity contribution >= 4 is 11.6 Å². The maximum absolute atomic E-state index is 13.0. The first-order valence-corrected chi connectivity index (χ1v) is 9.51. The van der Waals surface area contributed by atoms with Crippen molar-refractivity contribution in [3.8, 4) is 17.4 Å². The van der Waals surface area contributed by atoms with Crippen molar-refractivity contribution in [1.82, 2.24) is 10.3 Å². The minimum atomic E-state index is -0.286. The van der Waals surface area contributed by atoms with Gasteiger partial charge in [0.2, 0.25) is 5.88 Å². The number of aromatic nitrogens is 1. The van der Waals surface area contributed by atoms with Gasteiger partial charge in [-0.3, -0.25) is 0 Å². The predicted octanol–water partition coefficient (Wildman–Crippen LogP) is 4.63. The van der Waals surface area contributed by atoms with E-state index in [2.05, 4.69) is 10.3 Å². The van der Waals surface area contributed by atoms with Gasteiger partial charge in [0.05, 0.1) is 12.1 Å². The second-order valence-corrected chi connectivity index (χ2v) is 6.62. The average Bonchev–Trinajstić information content (AvgIpc) is 2.74. The molecule has 3 aromatic rings. The minimum Gasteiger partial charge on any atom is -0.493 e. The monoisotopic (exact) mass is 416 g/mol. The van der Waals surface area contributed by atoms with Crippen LogP contribution in [0.3, 0.4) is 0 Å². The molecule has 29 heavy (non-hydrogen) atoms. The van der Waals surface area contributed by atoms with Crippen LogP contribution in [-0.2, 0) is 13.2 Å². The minimum absolute atomic E-state index is 0.263. The number of hydrogen-bond donors (Lipinski definition) is 1. The number of benzene rings is 2. The Morgan fingerprint density at radius 3 is 2.59 bits per heavy atom. The first-order valence-electron chi connectivity index (χ1n) is 9.14. The van der Waals surface area contributed by atoms with Crippen LogP contribution in [0, 0.1) is 5.82 Å². The lowest BCUT2D eigenvalue weighted by Gasteiger charge is -2.15. The van der Waals surface area contributed by atoms with E-state index >= 15 is 0 Å². The van der Waals surface area contributed by atoms with Gasteiger partial charge in [0.1, 0.15) is 19.0 Å². The molecule has 1 aromatic heterocycles. The van der Waals surface area contributed by atoms with Crippen molar-refractivity contribution in [2.24, 2.45) is 0 Å². The van der Waals surface area contributed by atoms with Crippen LogP contribution < -0.4 is 19.5 Å². The molecule has 0 saturated heterocycles. The number of nitrogens with one attached hydrogen (secondary N) is 1. The van der Waals surface area contributed by atoms with Crippen LogP contribution in [0.5, 0.6) is 17.4 Å². The van der Waals surface area contributed by atoms with E-state index in [1.54, 1.807) is 25.4 Å². The number of pyridine rings is 1. The fourth-order valence-corrected chi connectivity index (χ4v) is 2.93. The van der Waals surface area contributed by atoms with Crippen LogP contribution in [-0.4, -0.2) is 25.2 Å². The van der Waals surface area contributed by atoms with Gasteiger partial charge in [-0.15, -0.1) is 0 Å². The zero-order valence-corrected chi connectivity index (χ0v) is 16.8. The van der Waals surface area contributed by atoms with Gasteiger partial charge in [-0.25, -0.2) is 9.37 Å². The molecule has 0 aliphatic heterocycles. The SMILES string of the molecule is COc1cc(CNCCOc2ccccn2)cc(Cl)c1OCc1ccc(F)cc1. The number of methoxy groups -OCH3 is 1. The third-order valence-electron chi connectivity index (χ3n) is 4.08. The lowest BCUT2D eigenvalue weighted by Crippen LogP contribution is -2.20. The Morgan fingerprint density at radius 2 is 1.86 bits per heavy atom. The van der Waals surface area contributed by atoms with Gasteiger partial charge < -0.3 is 19.5 Å². The van der Waals surface area contributed by atoms with Gasteiger partial charge >= 0.3 is 0 Å². The fraction of sp³-hybridized carbons (Fsp3) is 0.227. The number of halogens is 2. The van der Waals surface area contributed by atoms with Crippen molar-refractivity contribution in [2.45, 2.75) is 13.2 Å². The van der Waals surface area contributed by atoms with Crippen LogP contribution in [0.1, 0.15) is 11.1 Å². The lowest BCUT2D eigenvalue weighted by molar-refractivity contribution is 0.284. The number of ether oxygens (including phenoxy) is 3. The second-order valence-electron chi connectivity index (χ2n) is 6.22. The molecule has 0 unspecified atom stereocenters. The van der Waals surface area contributed by atoms with Gasteiger partial charge in [-0.2, -0.15) is 0 Å². The maximum atomic E-state index is 13.0. The van der Waals surface area contributed by atoms with E-state index in [1.807, 2.05) is 30.3 Å². The molecule has 0 saturated carbocycles. The van der Waals surface area contributed by atoms with Gasteiger partial charge in [0.25, 0.3) is 0 Å². The van der Waals surface area contributed by atoms with Gasteiger partial charge in [0, 0.05) is 25.4 Å². The summed E-state index contributed by atoms with van der Waals surface area (Å²) in [5.74, 6) is 1.31. The van der Waals surface area contributed by atoms with E-state index in [1.165, 1.54) is 12.1 Å². The van der Waals surface area contributed by atoms with Crippen molar-refractivity contribution in [1.29, 1.82) is 0 Å². The summed E-state index contributed by atoms with van der Waals surface area (Å²) in [5.41, 5.74) is 1.79. The van der Waals surface area contributed by atoms with E-state index < -0.39 is 0 Å². The molecule has 0 spiro atoms. The molecule has 0 radical (unpaired) electrons. The third kappa shape index (κ3) is 6.34. The Labute approximate surface area is 174 Å². The smallest absolute Gasteiger partial charge is 0.213 e. The fourth-order valence-electron chi connectivity index (χ4n) is 2.64. The maximum Gasteiger partial charge on any atom is 0.213 e. The molecular formula is C22H22ClFN2O3. The van der Waals surface area contributed by atoms with Crippen LogP contribution >= 0.6 is 11.6 Å². The predicted molar refractivity (Wildman–Crippen MR) is 110 cm³/mol. The first-order chi connectivity index (χ1) is 14.2. The summed E-state index contributed by atoms with van der Waals surface area (Å²) in [7, 11) is 1.56. The second kappa shape index (κ2) is 10.6. The summed E-state index contributed by atoms with van der Waals surface area (Å²) in [6.07, 6.45) is 1.69. The molecule has 0 fully saturated rings. The number of hydrogen-bond acceptors (Lipinski definition) is 5. The molecular weight excluding hydrogens is 395 g/mol. The van der Waals surface area contributed by atoms with Crippen molar-refractivity contribution < 1.29 is 18.6 Å². The van der Waals surface area contributed by atoms with Gasteiger partial charge in [-0.1, -0.05) is 29.8 Å². The summed E-state index contributed by atoms with van der Waals surface area (Å²) in [6, 6.07) is 15.4. The third-order valence-corrected chi connectivity index (χ3v) is 4.36. The standard InChI is InChI=1S/C22H22ClFN2O3/c1-27-20-13-17(14-25-10-11-28-21-4-2-3-9-26-21)12-19(23)22(20)29-15-16-5-7-18(24)8-6-16/h2-9,12-13,25H,10-11,14-15H2,1H3. The lowest BCUT2D eigenvalue weighted by atomic mass is 10.2. The van der Waals surface area contributed by atoms with Crippen molar-refractivity contribution in [3.05, 3.63) is 82.8 Å². The van der Waals surface area contributed by atoms with Crippen LogP contribution in [0.4, 0.5) is 4.39 Å². The highest BCUT2D eigenvalue weighted by Gasteiger charge is 2.12. The van der Waals surface area contributed by atoms with E-state index in [4.69, 9.17) is 25.8 Å². The van der Waals surface area contributed by atoms with Gasteiger partial charge in [-0.05, 0) is 41.5 Å². The highest BCUT2D eigenvalue weighted by Crippen LogP contribution is 2.37. The quantitative estimate of drug-likeness (QED) is 0.488. The summed E-state index contributed by atoms with van der Waals surface area (Å²) in [6.45, 7) is 2.01. The Hall–Kier alpha value is -2.83. The van der Waals surface area contributed by atoms with Crippen LogP contribution in [0.15, 0.2) is 60.8 Å². The van der Waals surface area contributed by atoms with Crippen LogP contribution in [0.25, 0.3) is 0 Å². The zero-order chi connectivity index (χ0) is 20.5. The molecule has 1 N–H and O–H groups in total. The summed E-state index contributed by atoms with van der Waals surface area (Å²) in [4.78, 5) is 4.11. The van der Waals surface area contributed by atoms with E-state index in [-0.39, 0.29) is 12.4 Å². The Balaban J connectivity index is 1.52. The van der Waals surface area contributed by atoms with Crippen molar-refractivity contribution in [2.75, 3.05) is 20.3 Å².